The zero-order valence-electron chi connectivity index (χ0n) is 11.6. The molecule has 0 aliphatic carbocycles. The van der Waals surface area contributed by atoms with Gasteiger partial charge in [-0.15, -0.1) is 0 Å². The van der Waals surface area contributed by atoms with E-state index in [4.69, 9.17) is 0 Å². The highest BCUT2D eigenvalue weighted by Gasteiger charge is 2.39. The molecule has 17 heavy (non-hydrogen) atoms. The molecule has 2 heterocycles. The number of carbonyl (C=O) groups is 2. The third kappa shape index (κ3) is 3.70. The van der Waals surface area contributed by atoms with Crippen molar-refractivity contribution in [2.24, 2.45) is 0 Å². The third-order valence-corrected chi connectivity index (χ3v) is 2.58. The molecule has 2 aliphatic heterocycles. The van der Waals surface area contributed by atoms with E-state index in [1.54, 1.807) is 5.01 Å². The molecule has 100 valence electrons. The summed E-state index contributed by atoms with van der Waals surface area (Å²) in [6.07, 6.45) is 0.767. The number of carbonyl (C=O) groups excluding carboxylic acids is 2. The predicted molar refractivity (Wildman–Crippen MR) is 68.6 cm³/mol. The summed E-state index contributed by atoms with van der Waals surface area (Å²) >= 11 is 0. The number of hydrogen-bond acceptors (Lipinski definition) is 3. The normalized spacial score (nSPS) is 22.5. The van der Waals surface area contributed by atoms with Crippen molar-refractivity contribution in [1.82, 2.24) is 15.3 Å². The Balaban J connectivity index is 0.000000581. The van der Waals surface area contributed by atoms with E-state index in [0.29, 0.717) is 6.54 Å². The van der Waals surface area contributed by atoms with Crippen LogP contribution in [0.15, 0.2) is 0 Å². The van der Waals surface area contributed by atoms with Crippen LogP contribution in [0, 0.1) is 0 Å². The summed E-state index contributed by atoms with van der Waals surface area (Å²) in [6, 6.07) is -0.371. The van der Waals surface area contributed by atoms with E-state index in [1.807, 2.05) is 32.7 Å². The highest BCUT2D eigenvalue weighted by Crippen LogP contribution is 2.20. The van der Waals surface area contributed by atoms with Crippen molar-refractivity contribution in [2.75, 3.05) is 19.6 Å². The monoisotopic (exact) mass is 243 g/mol. The van der Waals surface area contributed by atoms with E-state index < -0.39 is 0 Å². The Bertz CT molecular complexity index is 256. The first-order valence-corrected chi connectivity index (χ1v) is 6.52. The molecule has 2 fully saturated rings. The molecule has 0 aromatic rings. The number of rotatable bonds is 1. The highest BCUT2D eigenvalue weighted by molar-refractivity contribution is 5.87. The first kappa shape index (κ1) is 15.9. The fourth-order valence-corrected chi connectivity index (χ4v) is 1.94. The van der Waals surface area contributed by atoms with E-state index >= 15 is 0 Å². The molecule has 0 aromatic carbocycles. The zero-order chi connectivity index (χ0) is 13.4. The van der Waals surface area contributed by atoms with Crippen LogP contribution in [0.3, 0.4) is 0 Å². The van der Waals surface area contributed by atoms with Gasteiger partial charge in [0.05, 0.1) is 0 Å². The number of ketones is 1. The summed E-state index contributed by atoms with van der Waals surface area (Å²) in [5.74, 6) is 0.0690. The number of nitrogens with zero attached hydrogens (tertiary/aromatic N) is 2. The highest BCUT2D eigenvalue weighted by atomic mass is 16.2. The summed E-state index contributed by atoms with van der Waals surface area (Å²) in [7, 11) is 0. The molecule has 2 saturated heterocycles. The molecule has 1 unspecified atom stereocenters. The first-order valence-electron chi connectivity index (χ1n) is 6.52. The van der Waals surface area contributed by atoms with Crippen LogP contribution in [0.1, 0.15) is 41.0 Å². The third-order valence-electron chi connectivity index (χ3n) is 2.58. The second-order valence-corrected chi connectivity index (χ2v) is 3.45. The zero-order valence-corrected chi connectivity index (χ0v) is 11.6. The lowest BCUT2D eigenvalue weighted by Gasteiger charge is -2.35. The lowest BCUT2D eigenvalue weighted by molar-refractivity contribution is -0.123. The maximum absolute atomic E-state index is 11.4. The van der Waals surface area contributed by atoms with Gasteiger partial charge >= 0.3 is 6.03 Å². The molecular formula is C12H25N3O2. The van der Waals surface area contributed by atoms with Crippen molar-refractivity contribution in [3.63, 3.8) is 0 Å². The number of fused-ring (bicyclic) bond motifs is 1. The van der Waals surface area contributed by atoms with E-state index in [2.05, 4.69) is 5.32 Å². The summed E-state index contributed by atoms with van der Waals surface area (Å²) in [5, 5.41) is 6.24. The van der Waals surface area contributed by atoms with E-state index in [-0.39, 0.29) is 17.9 Å². The van der Waals surface area contributed by atoms with Crippen molar-refractivity contribution >= 4 is 11.8 Å². The molecule has 1 atom stereocenters. The molecule has 0 aromatic heterocycles. The summed E-state index contributed by atoms with van der Waals surface area (Å²) < 4.78 is 0. The van der Waals surface area contributed by atoms with E-state index in [9.17, 15) is 9.59 Å². The topological polar surface area (TPSA) is 52.7 Å². The molecular weight excluding hydrogens is 218 g/mol. The van der Waals surface area contributed by atoms with Gasteiger partial charge in [-0.05, 0) is 13.3 Å². The molecule has 0 saturated carbocycles. The average Bonchev–Trinajstić information content (AvgIpc) is 2.80. The van der Waals surface area contributed by atoms with Crippen LogP contribution in [0.2, 0.25) is 0 Å². The van der Waals surface area contributed by atoms with Crippen LogP contribution in [0.25, 0.3) is 0 Å². The standard InChI is InChI=1S/C8H13N3O2.2C2H6/c1-6(12)7-2-4-10-5-3-9-8(13)11(7)10;2*1-2/h7H,2-5H2,1H3,(H,9,13);2*1-2H3. The first-order chi connectivity index (χ1) is 8.20. The fourth-order valence-electron chi connectivity index (χ4n) is 1.94. The van der Waals surface area contributed by atoms with Crippen LogP contribution >= 0.6 is 0 Å². The van der Waals surface area contributed by atoms with Gasteiger partial charge in [0.25, 0.3) is 0 Å². The molecule has 0 bridgehead atoms. The molecule has 1 N–H and O–H groups in total. The Labute approximate surface area is 104 Å². The summed E-state index contributed by atoms with van der Waals surface area (Å²) in [5.41, 5.74) is 0. The predicted octanol–water partition coefficient (Wildman–Crippen LogP) is 1.64. The Hall–Kier alpha value is -1.10. The lowest BCUT2D eigenvalue weighted by Crippen LogP contribution is -2.58. The summed E-state index contributed by atoms with van der Waals surface area (Å²) in [4.78, 5) is 22.6. The molecule has 2 rings (SSSR count). The number of nitrogens with one attached hydrogen (secondary N) is 1. The maximum Gasteiger partial charge on any atom is 0.332 e. The van der Waals surface area contributed by atoms with Crippen LogP contribution in [0.5, 0.6) is 0 Å². The minimum absolute atomic E-state index is 0.0690. The van der Waals surface area contributed by atoms with Crippen molar-refractivity contribution in [3.8, 4) is 0 Å². The van der Waals surface area contributed by atoms with Gasteiger partial charge in [-0.1, -0.05) is 27.7 Å². The second-order valence-electron chi connectivity index (χ2n) is 3.45. The van der Waals surface area contributed by atoms with Gasteiger partial charge in [0, 0.05) is 19.6 Å². The number of urea groups is 1. The molecule has 2 amide bonds. The molecule has 0 radical (unpaired) electrons. The molecule has 2 aliphatic rings. The Kier molecular flexibility index (Phi) is 7.54. The fraction of sp³-hybridized carbons (Fsp3) is 0.833. The maximum atomic E-state index is 11.4. The Morgan fingerprint density at radius 3 is 2.35 bits per heavy atom. The van der Waals surface area contributed by atoms with Gasteiger partial charge in [-0.2, -0.15) is 0 Å². The number of hydrazine groups is 1. The summed E-state index contributed by atoms with van der Waals surface area (Å²) in [6.45, 7) is 11.9. The van der Waals surface area contributed by atoms with Gasteiger partial charge < -0.3 is 5.32 Å². The SMILES string of the molecule is CC.CC.CC(=O)C1CCN2CCNC(=O)N12. The van der Waals surface area contributed by atoms with Crippen LogP contribution < -0.4 is 5.32 Å². The quantitative estimate of drug-likeness (QED) is 0.761. The van der Waals surface area contributed by atoms with Gasteiger partial charge in [-0.3, -0.25) is 4.79 Å². The van der Waals surface area contributed by atoms with Crippen molar-refractivity contribution in [3.05, 3.63) is 0 Å². The molecule has 0 spiro atoms. The van der Waals surface area contributed by atoms with Gasteiger partial charge in [-0.25, -0.2) is 14.8 Å². The smallest absolute Gasteiger partial charge is 0.332 e. The average molecular weight is 243 g/mol. The molecule has 5 heteroatoms. The largest absolute Gasteiger partial charge is 0.335 e. The van der Waals surface area contributed by atoms with E-state index in [1.165, 1.54) is 6.92 Å². The number of Topliss-reactive ketones (excluding diaryl/α,β-unsaturated/α-hetero) is 1. The lowest BCUT2D eigenvalue weighted by atomic mass is 10.1. The Morgan fingerprint density at radius 2 is 1.82 bits per heavy atom. The number of hydrogen-bond donors (Lipinski definition) is 1. The van der Waals surface area contributed by atoms with Crippen molar-refractivity contribution in [1.29, 1.82) is 0 Å². The Morgan fingerprint density at radius 1 is 1.24 bits per heavy atom. The minimum atomic E-state index is -0.236. The van der Waals surface area contributed by atoms with Crippen LogP contribution in [-0.2, 0) is 4.79 Å². The minimum Gasteiger partial charge on any atom is -0.335 e. The van der Waals surface area contributed by atoms with Crippen molar-refractivity contribution < 1.29 is 9.59 Å². The molecule has 5 nitrogen and oxygen atoms in total. The van der Waals surface area contributed by atoms with Crippen LogP contribution in [-0.4, -0.2) is 47.5 Å². The second kappa shape index (κ2) is 8.06. The van der Waals surface area contributed by atoms with Crippen molar-refractivity contribution in [2.45, 2.75) is 47.1 Å². The number of amides is 2. The van der Waals surface area contributed by atoms with Gasteiger partial charge in [0.1, 0.15) is 6.04 Å². The van der Waals surface area contributed by atoms with Crippen LogP contribution in [0.4, 0.5) is 4.79 Å². The van der Waals surface area contributed by atoms with Gasteiger partial charge in [0.15, 0.2) is 5.78 Å². The van der Waals surface area contributed by atoms with Gasteiger partial charge in [0.2, 0.25) is 0 Å². The van der Waals surface area contributed by atoms with E-state index in [0.717, 1.165) is 19.5 Å².